The van der Waals surface area contributed by atoms with Crippen LogP contribution < -0.4 is 10.6 Å². The molecule has 3 aromatic carbocycles. The second-order valence-corrected chi connectivity index (χ2v) is 8.45. The summed E-state index contributed by atoms with van der Waals surface area (Å²) in [6, 6.07) is 16.8. The molecular weight excluding hydrogens is 497 g/mol. The minimum atomic E-state index is -0.535. The number of anilines is 1. The molecule has 5 rings (SSSR count). The third-order valence-electron chi connectivity index (χ3n) is 5.53. The first kappa shape index (κ1) is 23.9. The first-order valence-electron chi connectivity index (χ1n) is 11.1. The maximum absolute atomic E-state index is 13.4. The Bertz CT molecular complexity index is 1660. The van der Waals surface area contributed by atoms with Gasteiger partial charge in [-0.15, -0.1) is 5.10 Å². The van der Waals surface area contributed by atoms with Gasteiger partial charge in [-0.05, 0) is 48.5 Å². The summed E-state index contributed by atoms with van der Waals surface area (Å²) in [4.78, 5) is 25.0. The first-order chi connectivity index (χ1) is 17.9. The van der Waals surface area contributed by atoms with Crippen molar-refractivity contribution in [1.82, 2.24) is 30.5 Å². The van der Waals surface area contributed by atoms with Gasteiger partial charge in [-0.1, -0.05) is 41.6 Å². The van der Waals surface area contributed by atoms with Crippen LogP contribution in [0.5, 0.6) is 0 Å². The molecule has 2 amide bonds. The number of hydrogen-bond acceptors (Lipinski definition) is 5. The van der Waals surface area contributed by atoms with Crippen molar-refractivity contribution in [2.24, 2.45) is 0 Å². The average molecular weight is 516 g/mol. The molecule has 9 nitrogen and oxygen atoms in total. The van der Waals surface area contributed by atoms with Crippen molar-refractivity contribution in [2.75, 3.05) is 5.32 Å². The molecule has 0 aliphatic heterocycles. The predicted octanol–water partition coefficient (Wildman–Crippen LogP) is 4.66. The Balaban J connectivity index is 1.39. The molecule has 0 aliphatic carbocycles. The molecule has 0 atom stereocenters. The zero-order valence-corrected chi connectivity index (χ0v) is 20.0. The molecule has 37 heavy (non-hydrogen) atoms. The largest absolute Gasteiger partial charge is 0.346 e. The summed E-state index contributed by atoms with van der Waals surface area (Å²) < 4.78 is 14.9. The highest BCUT2D eigenvalue weighted by Crippen LogP contribution is 2.29. The highest BCUT2D eigenvalue weighted by molar-refractivity contribution is 6.30. The highest BCUT2D eigenvalue weighted by Gasteiger charge is 2.15. The van der Waals surface area contributed by atoms with E-state index in [0.29, 0.717) is 33.9 Å². The lowest BCUT2D eigenvalue weighted by atomic mass is 10.0. The van der Waals surface area contributed by atoms with Crippen LogP contribution in [0.25, 0.3) is 27.8 Å². The zero-order valence-electron chi connectivity index (χ0n) is 19.2. The molecule has 0 spiro atoms. The van der Waals surface area contributed by atoms with Gasteiger partial charge in [-0.2, -0.15) is 5.10 Å². The fourth-order valence-corrected chi connectivity index (χ4v) is 3.93. The van der Waals surface area contributed by atoms with E-state index in [1.807, 2.05) is 24.3 Å². The van der Waals surface area contributed by atoms with Gasteiger partial charge in [0, 0.05) is 22.2 Å². The molecule has 0 saturated carbocycles. The number of aromatic nitrogens is 5. The van der Waals surface area contributed by atoms with Gasteiger partial charge >= 0.3 is 0 Å². The maximum Gasteiger partial charge on any atom is 0.251 e. The van der Waals surface area contributed by atoms with Crippen molar-refractivity contribution in [3.8, 4) is 16.9 Å². The van der Waals surface area contributed by atoms with E-state index in [2.05, 4.69) is 37.7 Å². The highest BCUT2D eigenvalue weighted by atomic mass is 35.5. The maximum atomic E-state index is 13.4. The van der Waals surface area contributed by atoms with Crippen LogP contribution in [0.15, 0.2) is 79.5 Å². The Morgan fingerprint density at radius 1 is 1.14 bits per heavy atom. The van der Waals surface area contributed by atoms with Crippen LogP contribution >= 0.6 is 11.6 Å². The summed E-state index contributed by atoms with van der Waals surface area (Å²) in [7, 11) is 0. The van der Waals surface area contributed by atoms with Gasteiger partial charge in [0.05, 0.1) is 34.7 Å². The summed E-state index contributed by atoms with van der Waals surface area (Å²) in [5.74, 6) is -1.34. The molecule has 11 heteroatoms. The third kappa shape index (κ3) is 5.09. The van der Waals surface area contributed by atoms with E-state index in [-0.39, 0.29) is 11.6 Å². The summed E-state index contributed by atoms with van der Waals surface area (Å²) in [5.41, 5.74) is 3.85. The van der Waals surface area contributed by atoms with Crippen LogP contribution in [0.4, 0.5) is 10.1 Å². The second-order valence-electron chi connectivity index (χ2n) is 8.05. The van der Waals surface area contributed by atoms with Gasteiger partial charge in [0.2, 0.25) is 5.91 Å². The molecular formula is C26H19ClFN7O2. The number of hydrogen-bond donors (Lipinski definition) is 3. The van der Waals surface area contributed by atoms with Crippen molar-refractivity contribution < 1.29 is 14.0 Å². The van der Waals surface area contributed by atoms with E-state index >= 15 is 0 Å². The number of fused-ring (bicyclic) bond motifs is 1. The number of H-pyrrole nitrogens is 1. The monoisotopic (exact) mass is 515 g/mol. The summed E-state index contributed by atoms with van der Waals surface area (Å²) in [6.45, 7) is 3.56. The van der Waals surface area contributed by atoms with Crippen LogP contribution in [0.3, 0.4) is 0 Å². The molecule has 184 valence electrons. The first-order valence-corrected chi connectivity index (χ1v) is 11.5. The topological polar surface area (TPSA) is 118 Å². The molecule has 0 saturated heterocycles. The van der Waals surface area contributed by atoms with E-state index < -0.39 is 17.6 Å². The summed E-state index contributed by atoms with van der Waals surface area (Å²) in [6.07, 6.45) is 2.75. The molecule has 0 bridgehead atoms. The number of nitrogens with zero attached hydrogens (tertiary/aromatic N) is 4. The number of nitrogens with one attached hydrogen (secondary N) is 3. The molecule has 2 aromatic heterocycles. The number of carbonyl (C=O) groups excluding carboxylic acids is 2. The minimum absolute atomic E-state index is 0.0354. The lowest BCUT2D eigenvalue weighted by Gasteiger charge is -2.10. The van der Waals surface area contributed by atoms with Crippen molar-refractivity contribution in [3.63, 3.8) is 0 Å². The molecule has 0 aliphatic rings. The van der Waals surface area contributed by atoms with Crippen molar-refractivity contribution >= 4 is 40.0 Å². The standard InChI is InChI=1S/C26H19ClFN7O2/c1-2-24(36)30-17-10-15(25-20-5-3-4-6-23(20)32-33-25)9-16(11-17)26(37)29-13-18-14-35(34-31-18)19-7-8-22(28)21(27)12-19/h2-12,14H,1,13H2,(H,29,37)(H,30,36)(H,32,33). The fraction of sp³-hybridized carbons (Fsp3) is 0.0385. The third-order valence-corrected chi connectivity index (χ3v) is 5.82. The fourth-order valence-electron chi connectivity index (χ4n) is 3.75. The van der Waals surface area contributed by atoms with Crippen molar-refractivity contribution in [3.05, 3.63) is 102 Å². The molecule has 5 aromatic rings. The van der Waals surface area contributed by atoms with E-state index in [1.165, 1.54) is 22.9 Å². The lowest BCUT2D eigenvalue weighted by molar-refractivity contribution is -0.111. The number of carbonyl (C=O) groups is 2. The number of aromatic amines is 1. The Kier molecular flexibility index (Phi) is 6.48. The Labute approximate surface area is 215 Å². The number of rotatable bonds is 7. The summed E-state index contributed by atoms with van der Waals surface area (Å²) in [5, 5.41) is 21.8. The van der Waals surface area contributed by atoms with Crippen LogP contribution in [0, 0.1) is 5.82 Å². The SMILES string of the molecule is C=CC(=O)Nc1cc(C(=O)NCc2cn(-c3ccc(F)c(Cl)c3)nn2)cc(-c2n[nH]c3ccccc23)c1. The smallest absolute Gasteiger partial charge is 0.251 e. The Hall–Kier alpha value is -4.83. The summed E-state index contributed by atoms with van der Waals surface area (Å²) >= 11 is 5.84. The van der Waals surface area contributed by atoms with Crippen molar-refractivity contribution in [2.45, 2.75) is 6.54 Å². The number of amides is 2. The van der Waals surface area contributed by atoms with Gasteiger partial charge in [0.1, 0.15) is 11.5 Å². The van der Waals surface area contributed by atoms with Crippen LogP contribution in [-0.2, 0) is 11.3 Å². The van der Waals surface area contributed by atoms with Crippen LogP contribution in [-0.4, -0.2) is 37.0 Å². The molecule has 0 unspecified atom stereocenters. The zero-order chi connectivity index (χ0) is 25.9. The van der Waals surface area contributed by atoms with Crippen LogP contribution in [0.2, 0.25) is 5.02 Å². The Morgan fingerprint density at radius 2 is 1.97 bits per heavy atom. The quantitative estimate of drug-likeness (QED) is 0.272. The molecule has 2 heterocycles. The van der Waals surface area contributed by atoms with E-state index in [4.69, 9.17) is 11.6 Å². The number of para-hydroxylation sites is 1. The van der Waals surface area contributed by atoms with Gasteiger partial charge < -0.3 is 10.6 Å². The normalized spacial score (nSPS) is 10.9. The van der Waals surface area contributed by atoms with Gasteiger partial charge in [0.25, 0.3) is 5.91 Å². The molecule has 0 radical (unpaired) electrons. The van der Waals surface area contributed by atoms with Crippen molar-refractivity contribution in [1.29, 1.82) is 0 Å². The van der Waals surface area contributed by atoms with E-state index in [1.54, 1.807) is 24.4 Å². The lowest BCUT2D eigenvalue weighted by Crippen LogP contribution is -2.23. The van der Waals surface area contributed by atoms with E-state index in [0.717, 1.165) is 17.0 Å². The van der Waals surface area contributed by atoms with Gasteiger partial charge in [0.15, 0.2) is 0 Å². The number of halogens is 2. The minimum Gasteiger partial charge on any atom is -0.346 e. The predicted molar refractivity (Wildman–Crippen MR) is 138 cm³/mol. The van der Waals surface area contributed by atoms with Gasteiger partial charge in [-0.3, -0.25) is 14.7 Å². The van der Waals surface area contributed by atoms with E-state index in [9.17, 15) is 14.0 Å². The molecule has 0 fully saturated rings. The second kappa shape index (κ2) is 10.0. The average Bonchev–Trinajstić information content (AvgIpc) is 3.56. The van der Waals surface area contributed by atoms with Gasteiger partial charge in [-0.25, -0.2) is 9.07 Å². The molecule has 3 N–H and O–H groups in total. The van der Waals surface area contributed by atoms with Crippen LogP contribution in [0.1, 0.15) is 16.1 Å². The number of benzene rings is 3. The Morgan fingerprint density at radius 3 is 2.78 bits per heavy atom.